The van der Waals surface area contributed by atoms with Gasteiger partial charge in [0.05, 0.1) is 5.69 Å². The van der Waals surface area contributed by atoms with Crippen LogP contribution in [0.3, 0.4) is 0 Å². The van der Waals surface area contributed by atoms with E-state index in [0.717, 1.165) is 25.0 Å². The van der Waals surface area contributed by atoms with Crippen LogP contribution in [-0.4, -0.2) is 20.9 Å². The Morgan fingerprint density at radius 1 is 1.50 bits per heavy atom. The zero-order valence-corrected chi connectivity index (χ0v) is 11.2. The molecule has 1 fully saturated rings. The summed E-state index contributed by atoms with van der Waals surface area (Å²) in [6.07, 6.45) is 8.49. The zero-order chi connectivity index (χ0) is 13.1. The highest BCUT2D eigenvalue weighted by atomic mass is 16.4. The predicted octanol–water partition coefficient (Wildman–Crippen LogP) is 3.60. The molecule has 100 valence electrons. The first-order chi connectivity index (χ1) is 8.63. The van der Waals surface area contributed by atoms with Crippen LogP contribution in [0, 0.1) is 0 Å². The van der Waals surface area contributed by atoms with E-state index in [1.807, 2.05) is 4.68 Å². The van der Waals surface area contributed by atoms with Crippen molar-refractivity contribution in [3.05, 3.63) is 17.5 Å². The van der Waals surface area contributed by atoms with Crippen LogP contribution >= 0.6 is 0 Å². The summed E-state index contributed by atoms with van der Waals surface area (Å²) >= 11 is 0. The number of aromatic nitrogens is 2. The van der Waals surface area contributed by atoms with E-state index >= 15 is 0 Å². The minimum Gasteiger partial charge on any atom is -0.478 e. The van der Waals surface area contributed by atoms with Crippen LogP contribution in [0.15, 0.2) is 6.20 Å². The van der Waals surface area contributed by atoms with Crippen LogP contribution in [0.2, 0.25) is 0 Å². The molecule has 1 aliphatic rings. The third-order valence-electron chi connectivity index (χ3n) is 4.03. The highest BCUT2D eigenvalue weighted by molar-refractivity contribution is 5.88. The van der Waals surface area contributed by atoms with Gasteiger partial charge in [-0.2, -0.15) is 5.10 Å². The Morgan fingerprint density at radius 2 is 2.17 bits per heavy atom. The Labute approximate surface area is 108 Å². The Balaban J connectivity index is 2.31. The largest absolute Gasteiger partial charge is 0.478 e. The average molecular weight is 250 g/mol. The van der Waals surface area contributed by atoms with Gasteiger partial charge in [-0.1, -0.05) is 26.2 Å². The molecule has 0 aliphatic heterocycles. The van der Waals surface area contributed by atoms with E-state index in [0.29, 0.717) is 11.5 Å². The Kier molecular flexibility index (Phi) is 4.04. The third-order valence-corrected chi connectivity index (χ3v) is 4.03. The average Bonchev–Trinajstić information content (AvgIpc) is 2.84. The van der Waals surface area contributed by atoms with Crippen molar-refractivity contribution in [2.24, 2.45) is 0 Å². The fourth-order valence-electron chi connectivity index (χ4n) is 2.66. The zero-order valence-electron chi connectivity index (χ0n) is 11.2. The molecule has 0 aromatic carbocycles. The SMILES string of the molecule is CCC(C)n1cc(C(=O)O)c(C2CCCCC2)n1. The number of rotatable bonds is 4. The van der Waals surface area contributed by atoms with Gasteiger partial charge in [-0.15, -0.1) is 0 Å². The van der Waals surface area contributed by atoms with Crippen molar-refractivity contribution in [2.45, 2.75) is 64.3 Å². The van der Waals surface area contributed by atoms with Gasteiger partial charge >= 0.3 is 5.97 Å². The van der Waals surface area contributed by atoms with E-state index in [2.05, 4.69) is 18.9 Å². The predicted molar refractivity (Wildman–Crippen MR) is 70.0 cm³/mol. The standard InChI is InChI=1S/C14H22N2O2/c1-3-10(2)16-9-12(14(17)18)13(15-16)11-7-5-4-6-8-11/h9-11H,3-8H2,1-2H3,(H,17,18). The first kappa shape index (κ1) is 13.1. The minimum absolute atomic E-state index is 0.264. The molecule has 0 spiro atoms. The molecule has 1 aromatic heterocycles. The number of nitrogens with zero attached hydrogens (tertiary/aromatic N) is 2. The first-order valence-electron chi connectivity index (χ1n) is 6.95. The fraction of sp³-hybridized carbons (Fsp3) is 0.714. The van der Waals surface area contributed by atoms with E-state index in [4.69, 9.17) is 0 Å². The van der Waals surface area contributed by atoms with Crippen molar-refractivity contribution in [2.75, 3.05) is 0 Å². The van der Waals surface area contributed by atoms with Crippen LogP contribution in [-0.2, 0) is 0 Å². The van der Waals surface area contributed by atoms with Crippen molar-refractivity contribution < 1.29 is 9.90 Å². The Hall–Kier alpha value is -1.32. The molecule has 2 rings (SSSR count). The molecule has 1 unspecified atom stereocenters. The Bertz CT molecular complexity index is 419. The maximum absolute atomic E-state index is 11.3. The summed E-state index contributed by atoms with van der Waals surface area (Å²) in [5.74, 6) is -0.500. The lowest BCUT2D eigenvalue weighted by Crippen LogP contribution is -2.10. The fourth-order valence-corrected chi connectivity index (χ4v) is 2.66. The summed E-state index contributed by atoms with van der Waals surface area (Å²) < 4.78 is 1.83. The lowest BCUT2D eigenvalue weighted by Gasteiger charge is -2.20. The second-order valence-electron chi connectivity index (χ2n) is 5.31. The molecule has 1 atom stereocenters. The molecule has 18 heavy (non-hydrogen) atoms. The van der Waals surface area contributed by atoms with Crippen LogP contribution in [0.1, 0.15) is 80.4 Å². The summed E-state index contributed by atoms with van der Waals surface area (Å²) in [6.45, 7) is 4.16. The van der Waals surface area contributed by atoms with E-state index in [1.165, 1.54) is 19.3 Å². The molecule has 1 aromatic rings. The van der Waals surface area contributed by atoms with Crippen LogP contribution in [0.4, 0.5) is 0 Å². The highest BCUT2D eigenvalue weighted by Crippen LogP contribution is 2.34. The van der Waals surface area contributed by atoms with Crippen molar-refractivity contribution >= 4 is 5.97 Å². The maximum atomic E-state index is 11.3. The number of hydrogen-bond acceptors (Lipinski definition) is 2. The van der Waals surface area contributed by atoms with Gasteiger partial charge in [-0.25, -0.2) is 4.79 Å². The van der Waals surface area contributed by atoms with Crippen molar-refractivity contribution in [3.63, 3.8) is 0 Å². The molecule has 4 heteroatoms. The first-order valence-corrected chi connectivity index (χ1v) is 6.95. The van der Waals surface area contributed by atoms with Gasteiger partial charge in [0.2, 0.25) is 0 Å². The normalized spacial score (nSPS) is 18.8. The molecule has 1 aliphatic carbocycles. The molecule has 1 heterocycles. The van der Waals surface area contributed by atoms with Gasteiger partial charge in [-0.05, 0) is 26.2 Å². The summed E-state index contributed by atoms with van der Waals surface area (Å²) in [5, 5.41) is 13.9. The molecular weight excluding hydrogens is 228 g/mol. The van der Waals surface area contributed by atoms with Crippen molar-refractivity contribution in [3.8, 4) is 0 Å². The topological polar surface area (TPSA) is 55.1 Å². The van der Waals surface area contributed by atoms with E-state index in [-0.39, 0.29) is 6.04 Å². The minimum atomic E-state index is -0.842. The van der Waals surface area contributed by atoms with Crippen molar-refractivity contribution in [1.29, 1.82) is 0 Å². The monoisotopic (exact) mass is 250 g/mol. The van der Waals surface area contributed by atoms with E-state index in [1.54, 1.807) is 6.20 Å². The van der Waals surface area contributed by atoms with Crippen molar-refractivity contribution in [1.82, 2.24) is 9.78 Å². The molecular formula is C14H22N2O2. The molecule has 0 bridgehead atoms. The van der Waals surface area contributed by atoms with Crippen LogP contribution < -0.4 is 0 Å². The van der Waals surface area contributed by atoms with E-state index in [9.17, 15) is 9.90 Å². The molecule has 1 N–H and O–H groups in total. The maximum Gasteiger partial charge on any atom is 0.339 e. The molecule has 0 radical (unpaired) electrons. The van der Waals surface area contributed by atoms with Gasteiger partial charge in [0, 0.05) is 18.2 Å². The molecule has 1 saturated carbocycles. The van der Waals surface area contributed by atoms with Gasteiger partial charge < -0.3 is 5.11 Å². The summed E-state index contributed by atoms with van der Waals surface area (Å²) in [4.78, 5) is 11.3. The van der Waals surface area contributed by atoms with Gasteiger partial charge in [0.25, 0.3) is 0 Å². The van der Waals surface area contributed by atoms with Gasteiger partial charge in [0.15, 0.2) is 0 Å². The Morgan fingerprint density at radius 3 is 2.72 bits per heavy atom. The molecule has 0 saturated heterocycles. The van der Waals surface area contributed by atoms with Crippen LogP contribution in [0.25, 0.3) is 0 Å². The third kappa shape index (κ3) is 2.57. The molecule has 0 amide bonds. The molecule has 4 nitrogen and oxygen atoms in total. The number of carboxylic acid groups (broad SMARTS) is 1. The number of carbonyl (C=O) groups is 1. The quantitative estimate of drug-likeness (QED) is 0.888. The lowest BCUT2D eigenvalue weighted by atomic mass is 9.85. The lowest BCUT2D eigenvalue weighted by molar-refractivity contribution is 0.0694. The summed E-state index contributed by atoms with van der Waals surface area (Å²) in [7, 11) is 0. The van der Waals surface area contributed by atoms with Crippen LogP contribution in [0.5, 0.6) is 0 Å². The van der Waals surface area contributed by atoms with Gasteiger partial charge in [0.1, 0.15) is 5.56 Å². The van der Waals surface area contributed by atoms with Gasteiger partial charge in [-0.3, -0.25) is 4.68 Å². The summed E-state index contributed by atoms with van der Waals surface area (Å²) in [6, 6.07) is 0.264. The summed E-state index contributed by atoms with van der Waals surface area (Å²) in [5.41, 5.74) is 1.21. The smallest absolute Gasteiger partial charge is 0.339 e. The number of hydrogen-bond donors (Lipinski definition) is 1. The second kappa shape index (κ2) is 5.55. The number of carboxylic acids is 1. The van der Waals surface area contributed by atoms with E-state index < -0.39 is 5.97 Å². The highest BCUT2D eigenvalue weighted by Gasteiger charge is 2.25. The number of aromatic carboxylic acids is 1. The second-order valence-corrected chi connectivity index (χ2v) is 5.31.